The van der Waals surface area contributed by atoms with Crippen LogP contribution in [0.25, 0.3) is 0 Å². The van der Waals surface area contributed by atoms with E-state index in [1.807, 2.05) is 47.7 Å². The van der Waals surface area contributed by atoms with Crippen LogP contribution in [0.4, 0.5) is 5.82 Å². The average Bonchev–Trinajstić information content (AvgIpc) is 2.51. The van der Waals surface area contributed by atoms with Crippen molar-refractivity contribution in [3.05, 3.63) is 22.9 Å². The predicted octanol–water partition coefficient (Wildman–Crippen LogP) is 2.59. The van der Waals surface area contributed by atoms with Crippen molar-refractivity contribution in [3.63, 3.8) is 0 Å². The summed E-state index contributed by atoms with van der Waals surface area (Å²) in [6, 6.07) is 2.13. The molecular formula is C18H32N4O2S. The van der Waals surface area contributed by atoms with Gasteiger partial charge in [-0.05, 0) is 65.7 Å². The van der Waals surface area contributed by atoms with E-state index >= 15 is 0 Å². The lowest BCUT2D eigenvalue weighted by Gasteiger charge is -2.29. The number of carbonyl (C=O) groups is 1. The van der Waals surface area contributed by atoms with E-state index in [2.05, 4.69) is 28.8 Å². The molecule has 0 spiro atoms. The fourth-order valence-electron chi connectivity index (χ4n) is 2.28. The Morgan fingerprint density at radius 1 is 1.36 bits per heavy atom. The second-order valence-corrected chi connectivity index (χ2v) is 9.58. The number of nitrogens with zero attached hydrogens (tertiary/aromatic N) is 2. The molecular weight excluding hydrogens is 336 g/mol. The monoisotopic (exact) mass is 368 g/mol. The van der Waals surface area contributed by atoms with Crippen LogP contribution in [0.3, 0.4) is 0 Å². The number of aromatic nitrogens is 1. The summed E-state index contributed by atoms with van der Waals surface area (Å²) in [4.78, 5) is 17.7. The number of rotatable bonds is 8. The Kier molecular flexibility index (Phi) is 7.71. The number of anilines is 1. The maximum absolute atomic E-state index is 12.5. The molecule has 0 saturated heterocycles. The Balaban J connectivity index is 3.28. The molecule has 1 rings (SSSR count). The summed E-state index contributed by atoms with van der Waals surface area (Å²) in [5.74, 6) is 0.868. The molecule has 0 aliphatic heterocycles. The van der Waals surface area contributed by atoms with E-state index in [-0.39, 0.29) is 10.8 Å². The summed E-state index contributed by atoms with van der Waals surface area (Å²) in [7, 11) is 2.00. The number of pyridine rings is 1. The van der Waals surface area contributed by atoms with Crippen LogP contribution in [0.15, 0.2) is 6.07 Å². The molecule has 0 aliphatic carbocycles. The van der Waals surface area contributed by atoms with Crippen LogP contribution in [0.5, 0.6) is 0 Å². The second-order valence-electron chi connectivity index (χ2n) is 7.59. The van der Waals surface area contributed by atoms with Crippen LogP contribution >= 0.6 is 0 Å². The van der Waals surface area contributed by atoms with Gasteiger partial charge in [0.05, 0.1) is 11.7 Å². The molecule has 0 radical (unpaired) electrons. The van der Waals surface area contributed by atoms with Crippen molar-refractivity contribution < 1.29 is 9.35 Å². The van der Waals surface area contributed by atoms with Crippen molar-refractivity contribution in [2.75, 3.05) is 11.9 Å². The Bertz CT molecular complexity index is 587. The predicted molar refractivity (Wildman–Crippen MR) is 105 cm³/mol. The molecule has 1 unspecified atom stereocenters. The zero-order chi connectivity index (χ0) is 19.4. The van der Waals surface area contributed by atoms with Crippen LogP contribution in [0, 0.1) is 6.92 Å². The van der Waals surface area contributed by atoms with E-state index in [4.69, 9.17) is 4.98 Å². The van der Waals surface area contributed by atoms with Gasteiger partial charge in [0.2, 0.25) is 6.41 Å². The minimum absolute atomic E-state index is 0.206. The molecule has 6 nitrogen and oxygen atoms in total. The third kappa shape index (κ3) is 5.87. The molecule has 1 aromatic rings. The maximum atomic E-state index is 12.5. The molecule has 0 saturated carbocycles. The normalized spacial score (nSPS) is 14.3. The first-order valence-electron chi connectivity index (χ1n) is 8.57. The van der Waals surface area contributed by atoms with Gasteiger partial charge in [0.15, 0.2) is 0 Å². The quantitative estimate of drug-likeness (QED) is 0.544. The number of amides is 1. The number of hydrogen-bond acceptors (Lipinski definition) is 5. The number of hydrogen-bond donors (Lipinski definition) is 2. The van der Waals surface area contributed by atoms with E-state index < -0.39 is 11.4 Å². The lowest BCUT2D eigenvalue weighted by Crippen LogP contribution is -2.41. The lowest BCUT2D eigenvalue weighted by atomic mass is 10.0. The van der Waals surface area contributed by atoms with Gasteiger partial charge in [-0.1, -0.05) is 0 Å². The summed E-state index contributed by atoms with van der Waals surface area (Å²) in [5.41, 5.74) is 2.82. The van der Waals surface area contributed by atoms with E-state index in [0.717, 1.165) is 22.6 Å². The van der Waals surface area contributed by atoms with Gasteiger partial charge in [-0.2, -0.15) is 0 Å². The summed E-state index contributed by atoms with van der Waals surface area (Å²) in [6.45, 7) is 14.4. The van der Waals surface area contributed by atoms with E-state index in [1.165, 1.54) is 0 Å². The molecule has 0 fully saturated rings. The maximum Gasteiger partial charge on any atom is 0.207 e. The standard InChI is InChI=1S/C18H32N4O2S/c1-12(2)22(8)16-9-13(3)15(10-19-11-23)17(20-16)14(4)21-25(24)18(5,6)7/h9,11-12,14,21H,10H2,1-8H3,(H,19,23)/t14-,25?/m1/s1. The molecule has 2 N–H and O–H groups in total. The van der Waals surface area contributed by atoms with E-state index in [9.17, 15) is 9.35 Å². The lowest BCUT2D eigenvalue weighted by molar-refractivity contribution is -0.109. The Hall–Kier alpha value is -1.31. The van der Waals surface area contributed by atoms with Crippen LogP contribution in [0.1, 0.15) is 64.4 Å². The van der Waals surface area contributed by atoms with Gasteiger partial charge in [0, 0.05) is 31.0 Å². The molecule has 0 aromatic carbocycles. The van der Waals surface area contributed by atoms with Gasteiger partial charge < -0.3 is 14.8 Å². The Morgan fingerprint density at radius 3 is 2.44 bits per heavy atom. The minimum atomic E-state index is -1.21. The number of nitrogens with one attached hydrogen (secondary N) is 2. The smallest absolute Gasteiger partial charge is 0.207 e. The number of aryl methyl sites for hydroxylation is 1. The third-order valence-electron chi connectivity index (χ3n) is 4.11. The van der Waals surface area contributed by atoms with Crippen LogP contribution in [0.2, 0.25) is 0 Å². The van der Waals surface area contributed by atoms with E-state index in [1.54, 1.807) is 0 Å². The van der Waals surface area contributed by atoms with Crippen molar-refractivity contribution in [1.82, 2.24) is 15.0 Å². The first-order chi connectivity index (χ1) is 11.5. The fourth-order valence-corrected chi connectivity index (χ4v) is 3.06. The largest absolute Gasteiger partial charge is 0.598 e. The zero-order valence-electron chi connectivity index (χ0n) is 16.6. The molecule has 25 heavy (non-hydrogen) atoms. The van der Waals surface area contributed by atoms with Crippen LogP contribution in [-0.2, 0) is 22.7 Å². The molecule has 0 aliphatic rings. The summed E-state index contributed by atoms with van der Waals surface area (Å²) in [5, 5.41) is 2.72. The zero-order valence-corrected chi connectivity index (χ0v) is 17.5. The highest BCUT2D eigenvalue weighted by Crippen LogP contribution is 2.26. The first-order valence-corrected chi connectivity index (χ1v) is 9.72. The van der Waals surface area contributed by atoms with Crippen molar-refractivity contribution in [3.8, 4) is 0 Å². The van der Waals surface area contributed by atoms with Crippen LogP contribution in [-0.4, -0.2) is 33.8 Å². The molecule has 1 aromatic heterocycles. The SMILES string of the molecule is Cc1cc(N(C)C(C)C)nc([C@@H](C)N[S+]([O-])C(C)(C)C)c1CNC=O. The van der Waals surface area contributed by atoms with Crippen molar-refractivity contribution in [2.45, 2.75) is 71.8 Å². The van der Waals surface area contributed by atoms with Gasteiger partial charge in [-0.15, -0.1) is 4.72 Å². The minimum Gasteiger partial charge on any atom is -0.598 e. The number of carbonyl (C=O) groups excluding carboxylic acids is 1. The molecule has 0 bridgehead atoms. The average molecular weight is 369 g/mol. The van der Waals surface area contributed by atoms with Gasteiger partial charge >= 0.3 is 0 Å². The van der Waals surface area contributed by atoms with Gasteiger partial charge in [-0.3, -0.25) is 4.79 Å². The second kappa shape index (κ2) is 8.87. The summed E-state index contributed by atoms with van der Waals surface area (Å²) in [6.07, 6.45) is 0.683. The highest BCUT2D eigenvalue weighted by molar-refractivity contribution is 7.90. The van der Waals surface area contributed by atoms with Gasteiger partial charge in [0.1, 0.15) is 10.6 Å². The summed E-state index contributed by atoms with van der Waals surface area (Å²) >= 11 is -1.21. The topological polar surface area (TPSA) is 80.3 Å². The van der Waals surface area contributed by atoms with E-state index in [0.29, 0.717) is 19.0 Å². The first kappa shape index (κ1) is 21.7. The molecule has 1 heterocycles. The Labute approximate surface area is 155 Å². The molecule has 2 atom stereocenters. The highest BCUT2D eigenvalue weighted by Gasteiger charge is 2.30. The van der Waals surface area contributed by atoms with Crippen molar-refractivity contribution in [1.29, 1.82) is 0 Å². The fraction of sp³-hybridized carbons (Fsp3) is 0.667. The van der Waals surface area contributed by atoms with Gasteiger partial charge in [0.25, 0.3) is 0 Å². The highest BCUT2D eigenvalue weighted by atomic mass is 32.2. The van der Waals surface area contributed by atoms with Crippen molar-refractivity contribution in [2.24, 2.45) is 0 Å². The summed E-state index contributed by atoms with van der Waals surface area (Å²) < 4.78 is 15.3. The molecule has 7 heteroatoms. The molecule has 142 valence electrons. The molecule has 1 amide bonds. The Morgan fingerprint density at radius 2 is 1.96 bits per heavy atom. The van der Waals surface area contributed by atoms with Crippen LogP contribution < -0.4 is 14.9 Å². The third-order valence-corrected chi connectivity index (χ3v) is 5.79. The van der Waals surface area contributed by atoms with Gasteiger partial charge in [-0.25, -0.2) is 4.98 Å². The van der Waals surface area contributed by atoms with Crippen molar-refractivity contribution >= 4 is 23.6 Å².